The minimum absolute atomic E-state index is 0.255. The fraction of sp³-hybridized carbons (Fsp3) is 0.263. The van der Waals surface area contributed by atoms with E-state index >= 15 is 0 Å². The van der Waals surface area contributed by atoms with Crippen molar-refractivity contribution < 1.29 is 14.3 Å². The van der Waals surface area contributed by atoms with Gasteiger partial charge in [0, 0.05) is 7.05 Å². The van der Waals surface area contributed by atoms with Gasteiger partial charge in [0.15, 0.2) is 6.10 Å². The zero-order valence-corrected chi connectivity index (χ0v) is 14.1. The third-order valence-electron chi connectivity index (χ3n) is 3.67. The zero-order valence-electron chi connectivity index (χ0n) is 14.1. The number of anilines is 1. The van der Waals surface area contributed by atoms with Gasteiger partial charge in [-0.15, -0.1) is 0 Å². The Balaban J connectivity index is 2.05. The maximum absolute atomic E-state index is 12.3. The molecule has 2 aromatic rings. The number of carbonyl (C=O) groups excluding carboxylic acids is 2. The lowest BCUT2D eigenvalue weighted by Gasteiger charge is -2.16. The summed E-state index contributed by atoms with van der Waals surface area (Å²) in [6, 6.07) is 14.5. The molecule has 0 aliphatic carbocycles. The largest absolute Gasteiger partial charge is 0.481 e. The smallest absolute Gasteiger partial charge is 0.265 e. The van der Waals surface area contributed by atoms with Crippen molar-refractivity contribution in [2.75, 3.05) is 12.4 Å². The Hall–Kier alpha value is -2.82. The molecule has 5 heteroatoms. The van der Waals surface area contributed by atoms with Crippen LogP contribution in [0.1, 0.15) is 29.8 Å². The molecule has 0 fully saturated rings. The van der Waals surface area contributed by atoms with Crippen molar-refractivity contribution in [2.24, 2.45) is 0 Å². The van der Waals surface area contributed by atoms with Gasteiger partial charge in [-0.3, -0.25) is 9.59 Å². The van der Waals surface area contributed by atoms with E-state index in [0.717, 1.165) is 6.42 Å². The van der Waals surface area contributed by atoms with Gasteiger partial charge in [0.25, 0.3) is 11.8 Å². The van der Waals surface area contributed by atoms with Crippen molar-refractivity contribution in [1.29, 1.82) is 0 Å². The van der Waals surface area contributed by atoms with Crippen LogP contribution in [-0.2, 0) is 11.2 Å². The van der Waals surface area contributed by atoms with Gasteiger partial charge < -0.3 is 15.4 Å². The Morgan fingerprint density at radius 2 is 1.75 bits per heavy atom. The zero-order chi connectivity index (χ0) is 17.5. The molecule has 0 aliphatic rings. The average molecular weight is 326 g/mol. The second-order valence-electron chi connectivity index (χ2n) is 5.37. The first-order valence-corrected chi connectivity index (χ1v) is 7.92. The molecule has 1 atom stereocenters. The number of aryl methyl sites for hydroxylation is 1. The van der Waals surface area contributed by atoms with Crippen molar-refractivity contribution in [1.82, 2.24) is 5.32 Å². The van der Waals surface area contributed by atoms with E-state index in [4.69, 9.17) is 4.74 Å². The Morgan fingerprint density at radius 1 is 1.08 bits per heavy atom. The third kappa shape index (κ3) is 4.35. The molecule has 0 aromatic heterocycles. The first-order valence-electron chi connectivity index (χ1n) is 7.92. The van der Waals surface area contributed by atoms with Crippen LogP contribution in [0.25, 0.3) is 0 Å². The van der Waals surface area contributed by atoms with E-state index in [1.54, 1.807) is 38.2 Å². The molecule has 2 rings (SSSR count). The Morgan fingerprint density at radius 3 is 2.38 bits per heavy atom. The van der Waals surface area contributed by atoms with Crippen LogP contribution < -0.4 is 15.4 Å². The van der Waals surface area contributed by atoms with Gasteiger partial charge >= 0.3 is 0 Å². The summed E-state index contributed by atoms with van der Waals surface area (Å²) in [6.07, 6.45) is 0.266. The maximum atomic E-state index is 12.3. The highest BCUT2D eigenvalue weighted by Crippen LogP contribution is 2.17. The van der Waals surface area contributed by atoms with Crippen LogP contribution in [0.15, 0.2) is 48.5 Å². The number of nitrogens with one attached hydrogen (secondary N) is 2. The number of ether oxygens (including phenoxy) is 1. The summed E-state index contributed by atoms with van der Waals surface area (Å²) in [5.41, 5.74) is 2.07. The van der Waals surface area contributed by atoms with Crippen molar-refractivity contribution in [3.8, 4) is 5.75 Å². The molecule has 0 heterocycles. The number of rotatable bonds is 6. The van der Waals surface area contributed by atoms with Crippen LogP contribution in [-0.4, -0.2) is 25.0 Å². The number of hydrogen-bond donors (Lipinski definition) is 2. The highest BCUT2D eigenvalue weighted by atomic mass is 16.5. The van der Waals surface area contributed by atoms with Crippen LogP contribution in [0.3, 0.4) is 0 Å². The van der Waals surface area contributed by atoms with E-state index < -0.39 is 6.10 Å². The highest BCUT2D eigenvalue weighted by Gasteiger charge is 2.18. The van der Waals surface area contributed by atoms with E-state index in [2.05, 4.69) is 17.6 Å². The van der Waals surface area contributed by atoms with E-state index in [1.807, 2.05) is 24.3 Å². The van der Waals surface area contributed by atoms with Gasteiger partial charge in [0.2, 0.25) is 0 Å². The van der Waals surface area contributed by atoms with Crippen LogP contribution in [0, 0.1) is 0 Å². The molecule has 0 saturated heterocycles. The normalized spacial score (nSPS) is 11.5. The summed E-state index contributed by atoms with van der Waals surface area (Å²) in [5, 5.41) is 5.30. The number of amides is 2. The molecule has 0 aliphatic heterocycles. The molecule has 0 spiro atoms. The maximum Gasteiger partial charge on any atom is 0.265 e. The molecule has 0 bridgehead atoms. The van der Waals surface area contributed by atoms with Gasteiger partial charge in [-0.2, -0.15) is 0 Å². The molecule has 1 unspecified atom stereocenters. The first kappa shape index (κ1) is 17.5. The molecule has 2 N–H and O–H groups in total. The van der Waals surface area contributed by atoms with E-state index in [-0.39, 0.29) is 11.8 Å². The van der Waals surface area contributed by atoms with Crippen LogP contribution >= 0.6 is 0 Å². The number of benzene rings is 2. The molecule has 0 radical (unpaired) electrons. The minimum atomic E-state index is -0.685. The topological polar surface area (TPSA) is 67.4 Å². The van der Waals surface area contributed by atoms with Crippen LogP contribution in [0.2, 0.25) is 0 Å². The van der Waals surface area contributed by atoms with Gasteiger partial charge in [0.1, 0.15) is 5.75 Å². The van der Waals surface area contributed by atoms with Crippen molar-refractivity contribution in [3.63, 3.8) is 0 Å². The summed E-state index contributed by atoms with van der Waals surface area (Å²) in [6.45, 7) is 3.75. The van der Waals surface area contributed by atoms with E-state index in [0.29, 0.717) is 17.0 Å². The predicted molar refractivity (Wildman–Crippen MR) is 94.4 cm³/mol. The average Bonchev–Trinajstić information content (AvgIpc) is 2.62. The molecule has 0 saturated carbocycles. The lowest BCUT2D eigenvalue weighted by molar-refractivity contribution is -0.122. The second kappa shape index (κ2) is 8.15. The van der Waals surface area contributed by atoms with Crippen LogP contribution in [0.5, 0.6) is 5.75 Å². The van der Waals surface area contributed by atoms with Gasteiger partial charge in [0.05, 0.1) is 11.3 Å². The van der Waals surface area contributed by atoms with E-state index in [9.17, 15) is 9.59 Å². The number of carbonyl (C=O) groups is 2. The quantitative estimate of drug-likeness (QED) is 0.857. The lowest BCUT2D eigenvalue weighted by Crippen LogP contribution is -2.31. The molecule has 24 heavy (non-hydrogen) atoms. The molecule has 2 aromatic carbocycles. The van der Waals surface area contributed by atoms with Crippen molar-refractivity contribution in [3.05, 3.63) is 59.7 Å². The Labute approximate surface area is 142 Å². The lowest BCUT2D eigenvalue weighted by atomic mass is 10.1. The fourth-order valence-corrected chi connectivity index (χ4v) is 2.22. The minimum Gasteiger partial charge on any atom is -0.481 e. The fourth-order valence-electron chi connectivity index (χ4n) is 2.22. The van der Waals surface area contributed by atoms with Crippen molar-refractivity contribution in [2.45, 2.75) is 26.4 Å². The van der Waals surface area contributed by atoms with Crippen LogP contribution in [0.4, 0.5) is 5.69 Å². The Bertz CT molecular complexity index is 711. The molecule has 2 amide bonds. The number of para-hydroxylation sites is 1. The molecular weight excluding hydrogens is 304 g/mol. The SMILES string of the molecule is CCc1ccc(OC(C)C(=O)Nc2ccccc2C(=O)NC)cc1. The first-order chi connectivity index (χ1) is 11.5. The highest BCUT2D eigenvalue weighted by molar-refractivity contribution is 6.04. The molecule has 5 nitrogen and oxygen atoms in total. The Kier molecular flexibility index (Phi) is 5.95. The summed E-state index contributed by atoms with van der Waals surface area (Å²) in [7, 11) is 1.55. The van der Waals surface area contributed by atoms with E-state index in [1.165, 1.54) is 5.56 Å². The second-order valence-corrected chi connectivity index (χ2v) is 5.37. The standard InChI is InChI=1S/C19H22N2O3/c1-4-14-9-11-15(12-10-14)24-13(2)18(22)21-17-8-6-5-7-16(17)19(23)20-3/h5-13H,4H2,1-3H3,(H,20,23)(H,21,22). The number of hydrogen-bond acceptors (Lipinski definition) is 3. The summed E-state index contributed by atoms with van der Waals surface area (Å²) in [4.78, 5) is 24.2. The third-order valence-corrected chi connectivity index (χ3v) is 3.67. The summed E-state index contributed by atoms with van der Waals surface area (Å²) >= 11 is 0. The van der Waals surface area contributed by atoms with Crippen molar-refractivity contribution >= 4 is 17.5 Å². The summed E-state index contributed by atoms with van der Waals surface area (Å²) < 4.78 is 5.66. The van der Waals surface area contributed by atoms with Gasteiger partial charge in [-0.1, -0.05) is 31.2 Å². The monoisotopic (exact) mass is 326 g/mol. The molecule has 126 valence electrons. The molecular formula is C19H22N2O3. The van der Waals surface area contributed by atoms with Gasteiger partial charge in [-0.05, 0) is 43.2 Å². The summed E-state index contributed by atoms with van der Waals surface area (Å²) in [5.74, 6) is 0.0648. The van der Waals surface area contributed by atoms with Gasteiger partial charge in [-0.25, -0.2) is 0 Å². The predicted octanol–water partition coefficient (Wildman–Crippen LogP) is 3.01.